The van der Waals surface area contributed by atoms with E-state index in [-0.39, 0.29) is 12.3 Å². The third-order valence-electron chi connectivity index (χ3n) is 6.20. The van der Waals surface area contributed by atoms with Crippen LogP contribution in [0.5, 0.6) is 5.75 Å². The first-order chi connectivity index (χ1) is 18.2. The maximum atomic E-state index is 12.7. The Labute approximate surface area is 224 Å². The molecule has 3 amide bonds. The Hall–Kier alpha value is -4.17. The number of nitrogens with one attached hydrogen (secondary N) is 3. The molecule has 8 nitrogen and oxygen atoms in total. The number of carbonyl (C=O) groups excluding carboxylic acids is 3. The molecule has 3 aromatic carbocycles. The van der Waals surface area contributed by atoms with Gasteiger partial charge < -0.3 is 21.1 Å². The fourth-order valence-electron chi connectivity index (χ4n) is 4.11. The van der Waals surface area contributed by atoms with Gasteiger partial charge in [0.2, 0.25) is 11.8 Å². The van der Waals surface area contributed by atoms with E-state index in [1.807, 2.05) is 50.2 Å². The summed E-state index contributed by atoms with van der Waals surface area (Å²) in [6, 6.07) is 21.0. The lowest BCUT2D eigenvalue weighted by Crippen LogP contribution is -2.51. The van der Waals surface area contributed by atoms with Crippen LogP contribution in [-0.2, 0) is 22.4 Å². The molecule has 38 heavy (non-hydrogen) atoms. The lowest BCUT2D eigenvalue weighted by Gasteiger charge is -2.19. The summed E-state index contributed by atoms with van der Waals surface area (Å²) in [4.78, 5) is 37.3. The Kier molecular flexibility index (Phi) is 10.4. The Bertz CT molecular complexity index is 1210. The summed E-state index contributed by atoms with van der Waals surface area (Å²) in [6.07, 6.45) is 1.37. The van der Waals surface area contributed by atoms with Gasteiger partial charge in [-0.2, -0.15) is 0 Å². The molecule has 0 radical (unpaired) electrons. The monoisotopic (exact) mass is 516 g/mol. The second-order valence-electron chi connectivity index (χ2n) is 9.34. The number of hydrogen-bond donors (Lipinski definition) is 4. The lowest BCUT2D eigenvalue weighted by molar-refractivity contribution is -0.129. The van der Waals surface area contributed by atoms with Gasteiger partial charge in [0.15, 0.2) is 0 Å². The van der Waals surface area contributed by atoms with Gasteiger partial charge in [-0.15, -0.1) is 0 Å². The number of rotatable bonds is 11. The van der Waals surface area contributed by atoms with Crippen molar-refractivity contribution < 1.29 is 19.1 Å². The van der Waals surface area contributed by atoms with Crippen molar-refractivity contribution in [1.82, 2.24) is 10.6 Å². The van der Waals surface area contributed by atoms with E-state index in [0.717, 1.165) is 29.5 Å². The SMILES string of the molecule is Cc1cc(OC(=O)Nc2ccccc2)cc(C)c1C[C@H](N)C(=O)N[C@H](C)C(=O)NCCCc1ccccc1. The number of ether oxygens (including phenoxy) is 1. The molecule has 5 N–H and O–H groups in total. The van der Waals surface area contributed by atoms with Crippen molar-refractivity contribution in [2.24, 2.45) is 5.73 Å². The molecule has 200 valence electrons. The van der Waals surface area contributed by atoms with Crippen LogP contribution in [0, 0.1) is 13.8 Å². The fraction of sp³-hybridized carbons (Fsp3) is 0.300. The largest absolute Gasteiger partial charge is 0.417 e. The van der Waals surface area contributed by atoms with Gasteiger partial charge in [-0.25, -0.2) is 4.79 Å². The van der Waals surface area contributed by atoms with Gasteiger partial charge >= 0.3 is 6.09 Å². The molecule has 0 fully saturated rings. The van der Waals surface area contributed by atoms with Crippen molar-refractivity contribution in [2.75, 3.05) is 11.9 Å². The number of aryl methyl sites for hydroxylation is 3. The second-order valence-corrected chi connectivity index (χ2v) is 9.34. The number of para-hydroxylation sites is 1. The van der Waals surface area contributed by atoms with Crippen LogP contribution in [-0.4, -0.2) is 36.5 Å². The first kappa shape index (κ1) is 28.4. The summed E-state index contributed by atoms with van der Waals surface area (Å²) in [6.45, 7) is 5.91. The van der Waals surface area contributed by atoms with Gasteiger partial charge in [-0.1, -0.05) is 48.5 Å². The number of nitrogens with two attached hydrogens (primary N) is 1. The zero-order chi connectivity index (χ0) is 27.5. The molecule has 0 unspecified atom stereocenters. The van der Waals surface area contributed by atoms with E-state index in [4.69, 9.17) is 10.5 Å². The van der Waals surface area contributed by atoms with E-state index in [0.29, 0.717) is 18.0 Å². The average molecular weight is 517 g/mol. The Morgan fingerprint density at radius 3 is 2.13 bits per heavy atom. The summed E-state index contributed by atoms with van der Waals surface area (Å²) in [7, 11) is 0. The first-order valence-corrected chi connectivity index (χ1v) is 12.7. The van der Waals surface area contributed by atoms with E-state index < -0.39 is 24.1 Å². The third-order valence-corrected chi connectivity index (χ3v) is 6.20. The van der Waals surface area contributed by atoms with E-state index in [2.05, 4.69) is 28.1 Å². The molecule has 0 aliphatic carbocycles. The van der Waals surface area contributed by atoms with Gasteiger partial charge in [0, 0.05) is 12.2 Å². The predicted octanol–water partition coefficient (Wildman–Crippen LogP) is 4.04. The van der Waals surface area contributed by atoms with Crippen LogP contribution in [0.1, 0.15) is 35.6 Å². The van der Waals surface area contributed by atoms with E-state index in [9.17, 15) is 14.4 Å². The lowest BCUT2D eigenvalue weighted by atomic mass is 9.96. The van der Waals surface area contributed by atoms with Crippen LogP contribution < -0.4 is 26.4 Å². The van der Waals surface area contributed by atoms with E-state index in [1.54, 1.807) is 31.2 Å². The quantitative estimate of drug-likeness (QED) is 0.287. The fourth-order valence-corrected chi connectivity index (χ4v) is 4.11. The smallest absolute Gasteiger partial charge is 0.410 e. The summed E-state index contributed by atoms with van der Waals surface area (Å²) in [5.41, 5.74) is 10.6. The predicted molar refractivity (Wildman–Crippen MR) is 149 cm³/mol. The molecule has 0 saturated carbocycles. The molecule has 3 aromatic rings. The molecular formula is C30H36N4O4. The van der Waals surface area contributed by atoms with Gasteiger partial charge in [0.1, 0.15) is 11.8 Å². The number of carbonyl (C=O) groups is 3. The molecule has 2 atom stereocenters. The Balaban J connectivity index is 1.47. The zero-order valence-electron chi connectivity index (χ0n) is 22.1. The molecule has 3 rings (SSSR count). The number of anilines is 1. The Morgan fingerprint density at radius 2 is 1.50 bits per heavy atom. The summed E-state index contributed by atoms with van der Waals surface area (Å²) in [5, 5.41) is 8.24. The minimum Gasteiger partial charge on any atom is -0.410 e. The number of benzene rings is 3. The highest BCUT2D eigenvalue weighted by Gasteiger charge is 2.22. The summed E-state index contributed by atoms with van der Waals surface area (Å²) >= 11 is 0. The van der Waals surface area contributed by atoms with Crippen molar-refractivity contribution >= 4 is 23.6 Å². The highest BCUT2D eigenvalue weighted by atomic mass is 16.6. The van der Waals surface area contributed by atoms with E-state index in [1.165, 1.54) is 5.56 Å². The number of hydrogen-bond acceptors (Lipinski definition) is 5. The summed E-state index contributed by atoms with van der Waals surface area (Å²) in [5.74, 6) is -0.257. The van der Waals surface area contributed by atoms with Gasteiger partial charge in [0.05, 0.1) is 6.04 Å². The average Bonchev–Trinajstić information content (AvgIpc) is 2.89. The van der Waals surface area contributed by atoms with Gasteiger partial charge in [0.25, 0.3) is 0 Å². The normalized spacial score (nSPS) is 12.2. The van der Waals surface area contributed by atoms with E-state index >= 15 is 0 Å². The first-order valence-electron chi connectivity index (χ1n) is 12.7. The minimum absolute atomic E-state index is 0.249. The maximum absolute atomic E-state index is 12.7. The molecule has 0 aliphatic heterocycles. The number of amides is 3. The highest BCUT2D eigenvalue weighted by Crippen LogP contribution is 2.23. The molecular weight excluding hydrogens is 480 g/mol. The van der Waals surface area contributed by atoms with Crippen LogP contribution in [0.3, 0.4) is 0 Å². The van der Waals surface area contributed by atoms with Gasteiger partial charge in [-0.05, 0) is 86.6 Å². The molecule has 0 spiro atoms. The minimum atomic E-state index is -0.839. The second kappa shape index (κ2) is 13.9. The van der Waals surface area contributed by atoms with Crippen LogP contribution >= 0.6 is 0 Å². The van der Waals surface area contributed by atoms with Crippen molar-refractivity contribution in [1.29, 1.82) is 0 Å². The van der Waals surface area contributed by atoms with Crippen LogP contribution in [0.15, 0.2) is 72.8 Å². The molecule has 0 saturated heterocycles. The highest BCUT2D eigenvalue weighted by molar-refractivity contribution is 5.89. The zero-order valence-corrected chi connectivity index (χ0v) is 22.1. The van der Waals surface area contributed by atoms with Crippen LogP contribution in [0.2, 0.25) is 0 Å². The molecule has 0 aromatic heterocycles. The molecule has 8 heteroatoms. The maximum Gasteiger partial charge on any atom is 0.417 e. The molecule has 0 bridgehead atoms. The van der Waals surface area contributed by atoms with Crippen molar-refractivity contribution in [3.63, 3.8) is 0 Å². The Morgan fingerprint density at radius 1 is 0.895 bits per heavy atom. The standard InChI is InChI=1S/C30H36N4O4/c1-20-17-25(38-30(37)34-24-14-8-5-9-15-24)18-21(2)26(20)19-27(31)29(36)33-22(3)28(35)32-16-10-13-23-11-6-4-7-12-23/h4-9,11-12,14-15,17-18,22,27H,10,13,16,19,31H2,1-3H3,(H,32,35)(H,33,36)(H,34,37)/t22-,27+/m1/s1. The third kappa shape index (κ3) is 8.74. The van der Waals surface area contributed by atoms with Crippen molar-refractivity contribution in [3.05, 3.63) is 95.1 Å². The molecule has 0 heterocycles. The van der Waals surface area contributed by atoms with Crippen molar-refractivity contribution in [3.8, 4) is 5.75 Å². The summed E-state index contributed by atoms with van der Waals surface area (Å²) < 4.78 is 5.43. The van der Waals surface area contributed by atoms with Crippen LogP contribution in [0.25, 0.3) is 0 Å². The van der Waals surface area contributed by atoms with Crippen molar-refractivity contribution in [2.45, 2.75) is 52.1 Å². The van der Waals surface area contributed by atoms with Crippen LogP contribution in [0.4, 0.5) is 10.5 Å². The topological polar surface area (TPSA) is 123 Å². The molecule has 0 aliphatic rings. The van der Waals surface area contributed by atoms with Gasteiger partial charge in [-0.3, -0.25) is 14.9 Å².